The lowest BCUT2D eigenvalue weighted by atomic mass is 10.1. The van der Waals surface area contributed by atoms with E-state index in [-0.39, 0.29) is 16.9 Å². The summed E-state index contributed by atoms with van der Waals surface area (Å²) >= 11 is 0. The van der Waals surface area contributed by atoms with Crippen LogP contribution in [0.25, 0.3) is 11.8 Å². The molecule has 0 unspecified atom stereocenters. The zero-order chi connectivity index (χ0) is 16.7. The molecule has 1 aliphatic rings. The Kier molecular flexibility index (Phi) is 3.25. The van der Waals surface area contributed by atoms with Gasteiger partial charge in [-0.15, -0.1) is 0 Å². The van der Waals surface area contributed by atoms with Crippen molar-refractivity contribution in [1.82, 2.24) is 9.88 Å². The second-order valence-corrected chi connectivity index (χ2v) is 4.91. The van der Waals surface area contributed by atoms with Gasteiger partial charge in [0, 0.05) is 11.6 Å². The number of carbonyl (C=O) groups is 2. The lowest BCUT2D eigenvalue weighted by Crippen LogP contribution is -2.24. The summed E-state index contributed by atoms with van der Waals surface area (Å²) in [5.74, 6) is -0.739. The van der Waals surface area contributed by atoms with Crippen LogP contribution in [-0.4, -0.2) is 23.5 Å². The SMILES string of the molecule is C=Cc1cc(-n2c(N)c3c(cc2=O)C(=O)NC3=O)ccc1OC. The van der Waals surface area contributed by atoms with E-state index in [1.54, 1.807) is 24.3 Å². The number of ether oxygens (including phenoxy) is 1. The zero-order valence-electron chi connectivity index (χ0n) is 12.3. The molecule has 0 radical (unpaired) electrons. The van der Waals surface area contributed by atoms with Crippen molar-refractivity contribution >= 4 is 23.7 Å². The summed E-state index contributed by atoms with van der Waals surface area (Å²) in [7, 11) is 1.52. The molecule has 3 N–H and O–H groups in total. The molecule has 0 atom stereocenters. The van der Waals surface area contributed by atoms with Crippen molar-refractivity contribution in [1.29, 1.82) is 0 Å². The molecule has 7 heteroatoms. The number of pyridine rings is 1. The molecule has 116 valence electrons. The molecule has 1 aromatic carbocycles. The second-order valence-electron chi connectivity index (χ2n) is 4.91. The topological polar surface area (TPSA) is 103 Å². The Bertz CT molecular complexity index is 928. The summed E-state index contributed by atoms with van der Waals surface area (Å²) in [6.45, 7) is 3.69. The van der Waals surface area contributed by atoms with Gasteiger partial charge in [0.2, 0.25) is 0 Å². The molecular weight excluding hydrogens is 298 g/mol. The van der Waals surface area contributed by atoms with Crippen LogP contribution in [0.5, 0.6) is 5.75 Å². The zero-order valence-corrected chi connectivity index (χ0v) is 12.3. The van der Waals surface area contributed by atoms with Crippen LogP contribution in [0.15, 0.2) is 35.6 Å². The Hall–Kier alpha value is -3.35. The summed E-state index contributed by atoms with van der Waals surface area (Å²) in [5.41, 5.74) is 6.57. The van der Waals surface area contributed by atoms with Crippen LogP contribution >= 0.6 is 0 Å². The number of benzene rings is 1. The number of fused-ring (bicyclic) bond motifs is 1. The van der Waals surface area contributed by atoms with E-state index < -0.39 is 17.4 Å². The smallest absolute Gasteiger partial charge is 0.262 e. The van der Waals surface area contributed by atoms with E-state index >= 15 is 0 Å². The molecule has 0 aliphatic carbocycles. The number of nitrogen functional groups attached to an aromatic ring is 1. The number of hydrogen-bond acceptors (Lipinski definition) is 5. The fourth-order valence-corrected chi connectivity index (χ4v) is 2.57. The fraction of sp³-hybridized carbons (Fsp3) is 0.0625. The fourth-order valence-electron chi connectivity index (χ4n) is 2.57. The van der Waals surface area contributed by atoms with E-state index in [1.165, 1.54) is 11.7 Å². The number of nitrogens with one attached hydrogen (secondary N) is 1. The van der Waals surface area contributed by atoms with Crippen molar-refractivity contribution in [2.45, 2.75) is 0 Å². The molecule has 0 fully saturated rings. The summed E-state index contributed by atoms with van der Waals surface area (Å²) in [6, 6.07) is 6.05. The highest BCUT2D eigenvalue weighted by Gasteiger charge is 2.31. The average molecular weight is 311 g/mol. The molecule has 1 aromatic heterocycles. The number of nitrogens with two attached hydrogens (primary N) is 1. The predicted molar refractivity (Wildman–Crippen MR) is 84.9 cm³/mol. The highest BCUT2D eigenvalue weighted by atomic mass is 16.5. The van der Waals surface area contributed by atoms with Crippen LogP contribution in [0.2, 0.25) is 0 Å². The van der Waals surface area contributed by atoms with E-state index in [2.05, 4.69) is 11.9 Å². The average Bonchev–Trinajstić information content (AvgIpc) is 2.81. The van der Waals surface area contributed by atoms with Crippen LogP contribution in [0.1, 0.15) is 26.3 Å². The molecule has 0 bridgehead atoms. The minimum absolute atomic E-state index is 0.00516. The quantitative estimate of drug-likeness (QED) is 0.822. The number of carbonyl (C=O) groups excluding carboxylic acids is 2. The van der Waals surface area contributed by atoms with Crippen LogP contribution < -0.4 is 21.3 Å². The second kappa shape index (κ2) is 5.13. The van der Waals surface area contributed by atoms with Crippen LogP contribution in [0, 0.1) is 0 Å². The number of methoxy groups -OCH3 is 1. The van der Waals surface area contributed by atoms with Crippen LogP contribution in [-0.2, 0) is 0 Å². The molecule has 0 spiro atoms. The Labute approximate surface area is 131 Å². The molecule has 2 heterocycles. The third kappa shape index (κ3) is 2.10. The first-order valence-electron chi connectivity index (χ1n) is 6.70. The Morgan fingerprint density at radius 2 is 1.96 bits per heavy atom. The highest BCUT2D eigenvalue weighted by Crippen LogP contribution is 2.26. The van der Waals surface area contributed by atoms with Gasteiger partial charge in [-0.1, -0.05) is 12.7 Å². The number of hydrogen-bond donors (Lipinski definition) is 2. The monoisotopic (exact) mass is 311 g/mol. The lowest BCUT2D eigenvalue weighted by Gasteiger charge is -2.13. The maximum absolute atomic E-state index is 12.3. The summed E-state index contributed by atoms with van der Waals surface area (Å²) in [5, 5.41) is 2.12. The number of aromatic nitrogens is 1. The third-order valence-electron chi connectivity index (χ3n) is 3.64. The minimum atomic E-state index is -0.623. The van der Waals surface area contributed by atoms with Gasteiger partial charge in [0.15, 0.2) is 0 Å². The van der Waals surface area contributed by atoms with Gasteiger partial charge in [-0.3, -0.25) is 24.3 Å². The number of nitrogens with zero attached hydrogens (tertiary/aromatic N) is 1. The molecule has 0 saturated carbocycles. The lowest BCUT2D eigenvalue weighted by molar-refractivity contribution is 0.0880. The molecule has 0 saturated heterocycles. The van der Waals surface area contributed by atoms with Gasteiger partial charge in [-0.25, -0.2) is 0 Å². The molecule has 7 nitrogen and oxygen atoms in total. The predicted octanol–water partition coefficient (Wildman–Crippen LogP) is 0.955. The van der Waals surface area contributed by atoms with Gasteiger partial charge in [-0.05, 0) is 18.2 Å². The first kappa shape index (κ1) is 14.6. The van der Waals surface area contributed by atoms with Gasteiger partial charge < -0.3 is 10.5 Å². The first-order chi connectivity index (χ1) is 11.0. The van der Waals surface area contributed by atoms with Crippen molar-refractivity contribution in [2.75, 3.05) is 12.8 Å². The summed E-state index contributed by atoms with van der Waals surface area (Å²) < 4.78 is 6.36. The Balaban J connectivity index is 2.28. The Morgan fingerprint density at radius 1 is 1.22 bits per heavy atom. The molecule has 1 aliphatic heterocycles. The van der Waals surface area contributed by atoms with E-state index in [1.807, 2.05) is 0 Å². The van der Waals surface area contributed by atoms with Crippen molar-refractivity contribution < 1.29 is 14.3 Å². The van der Waals surface area contributed by atoms with Crippen molar-refractivity contribution in [3.8, 4) is 11.4 Å². The number of amides is 2. The molecule has 23 heavy (non-hydrogen) atoms. The minimum Gasteiger partial charge on any atom is -0.496 e. The number of rotatable bonds is 3. The molecule has 2 amide bonds. The van der Waals surface area contributed by atoms with Crippen LogP contribution in [0.4, 0.5) is 5.82 Å². The van der Waals surface area contributed by atoms with Gasteiger partial charge in [-0.2, -0.15) is 0 Å². The number of anilines is 1. The van der Waals surface area contributed by atoms with Gasteiger partial charge in [0.1, 0.15) is 11.6 Å². The van der Waals surface area contributed by atoms with Crippen molar-refractivity contribution in [3.05, 3.63) is 57.9 Å². The molecule has 2 aromatic rings. The van der Waals surface area contributed by atoms with E-state index in [9.17, 15) is 14.4 Å². The van der Waals surface area contributed by atoms with Crippen molar-refractivity contribution in [2.24, 2.45) is 0 Å². The summed E-state index contributed by atoms with van der Waals surface area (Å²) in [6.07, 6.45) is 1.58. The highest BCUT2D eigenvalue weighted by molar-refractivity contribution is 6.23. The maximum Gasteiger partial charge on any atom is 0.262 e. The maximum atomic E-state index is 12.3. The molecule has 3 rings (SSSR count). The van der Waals surface area contributed by atoms with Crippen molar-refractivity contribution in [3.63, 3.8) is 0 Å². The first-order valence-corrected chi connectivity index (χ1v) is 6.70. The van der Waals surface area contributed by atoms with Gasteiger partial charge >= 0.3 is 0 Å². The third-order valence-corrected chi connectivity index (χ3v) is 3.64. The van der Waals surface area contributed by atoms with E-state index in [0.29, 0.717) is 17.0 Å². The standard InChI is InChI=1S/C16H13N3O4/c1-3-8-6-9(4-5-11(8)23-2)19-12(20)7-10-13(14(19)17)16(22)18-15(10)21/h3-7H,1,17H2,2H3,(H,18,21,22). The molecular formula is C16H13N3O4. The van der Waals surface area contributed by atoms with Crippen LogP contribution in [0.3, 0.4) is 0 Å². The summed E-state index contributed by atoms with van der Waals surface area (Å²) in [4.78, 5) is 35.8. The Morgan fingerprint density at radius 3 is 2.61 bits per heavy atom. The van der Waals surface area contributed by atoms with Gasteiger partial charge in [0.05, 0.1) is 23.9 Å². The van der Waals surface area contributed by atoms with E-state index in [0.717, 1.165) is 6.07 Å². The normalized spacial score (nSPS) is 12.7. The van der Waals surface area contributed by atoms with Gasteiger partial charge in [0.25, 0.3) is 17.4 Å². The number of imide groups is 1. The van der Waals surface area contributed by atoms with E-state index in [4.69, 9.17) is 10.5 Å². The largest absolute Gasteiger partial charge is 0.496 e.